The number of hydrogen-bond acceptors (Lipinski definition) is 4. The third-order valence-electron chi connectivity index (χ3n) is 6.10. The van der Waals surface area contributed by atoms with Crippen molar-refractivity contribution < 1.29 is 17.9 Å². The lowest BCUT2D eigenvalue weighted by molar-refractivity contribution is -0.127. The Kier molecular flexibility index (Phi) is 5.82. The predicted octanol–water partition coefficient (Wildman–Crippen LogP) is 2.86. The highest BCUT2D eigenvalue weighted by atomic mass is 32.2. The largest absolute Gasteiger partial charge is 0.487 e. The van der Waals surface area contributed by atoms with Gasteiger partial charge in [-0.1, -0.05) is 32.0 Å². The molecule has 6 nitrogen and oxygen atoms in total. The molecule has 0 radical (unpaired) electrons. The van der Waals surface area contributed by atoms with Crippen molar-refractivity contribution >= 4 is 15.9 Å². The van der Waals surface area contributed by atoms with Crippen LogP contribution in [-0.2, 0) is 14.8 Å². The van der Waals surface area contributed by atoms with Crippen molar-refractivity contribution in [3.8, 4) is 5.75 Å². The second kappa shape index (κ2) is 7.80. The molecule has 7 heteroatoms. The van der Waals surface area contributed by atoms with Crippen LogP contribution in [0.4, 0.5) is 0 Å². The molecule has 0 spiro atoms. The number of rotatable bonds is 5. The molecule has 1 N–H and O–H groups in total. The van der Waals surface area contributed by atoms with Gasteiger partial charge in [-0.25, -0.2) is 12.7 Å². The number of sulfonamides is 1. The van der Waals surface area contributed by atoms with Crippen LogP contribution in [-0.4, -0.2) is 43.6 Å². The molecule has 1 aromatic carbocycles. The summed E-state index contributed by atoms with van der Waals surface area (Å²) in [4.78, 5) is 12.9. The molecular weight excluding hydrogens is 364 g/mol. The zero-order valence-corrected chi connectivity index (χ0v) is 17.2. The Bertz CT molecular complexity index is 781. The normalized spacial score (nSPS) is 23.3. The molecule has 3 rings (SSSR count). The van der Waals surface area contributed by atoms with Crippen molar-refractivity contribution in [2.45, 2.75) is 57.6 Å². The SMILES string of the molecule is CCC1(CC)C[C@H](NC(=O)C2CCN(S(C)(=O)=O)CC2)c2ccccc2O1. The molecule has 2 aliphatic rings. The van der Waals surface area contributed by atoms with E-state index in [0.29, 0.717) is 25.9 Å². The van der Waals surface area contributed by atoms with Crippen LogP contribution >= 0.6 is 0 Å². The smallest absolute Gasteiger partial charge is 0.223 e. The number of fused-ring (bicyclic) bond motifs is 1. The molecule has 1 aromatic rings. The quantitative estimate of drug-likeness (QED) is 0.833. The Hall–Kier alpha value is -1.60. The first-order chi connectivity index (χ1) is 12.8. The average molecular weight is 395 g/mol. The maximum atomic E-state index is 12.9. The lowest BCUT2D eigenvalue weighted by Crippen LogP contribution is -2.47. The third-order valence-corrected chi connectivity index (χ3v) is 7.40. The summed E-state index contributed by atoms with van der Waals surface area (Å²) in [7, 11) is -3.18. The number of para-hydroxylation sites is 1. The van der Waals surface area contributed by atoms with Crippen LogP contribution in [0.3, 0.4) is 0 Å². The minimum atomic E-state index is -3.18. The molecule has 0 aliphatic carbocycles. The van der Waals surface area contributed by atoms with Gasteiger partial charge in [-0.15, -0.1) is 0 Å². The topological polar surface area (TPSA) is 75.7 Å². The number of nitrogens with zero attached hydrogens (tertiary/aromatic N) is 1. The summed E-state index contributed by atoms with van der Waals surface area (Å²) in [5.41, 5.74) is 0.767. The van der Waals surface area contributed by atoms with Crippen molar-refractivity contribution in [3.63, 3.8) is 0 Å². The van der Waals surface area contributed by atoms with Crippen LogP contribution in [0, 0.1) is 5.92 Å². The van der Waals surface area contributed by atoms with Crippen molar-refractivity contribution in [1.29, 1.82) is 0 Å². The molecule has 2 aliphatic heterocycles. The third kappa shape index (κ3) is 4.29. The van der Waals surface area contributed by atoms with Crippen molar-refractivity contribution in [2.24, 2.45) is 5.92 Å². The number of piperidine rings is 1. The zero-order valence-electron chi connectivity index (χ0n) is 16.4. The Labute approximate surface area is 162 Å². The second-order valence-electron chi connectivity index (χ2n) is 7.73. The molecule has 150 valence electrons. The number of carbonyl (C=O) groups excluding carboxylic acids is 1. The first-order valence-electron chi connectivity index (χ1n) is 9.81. The lowest BCUT2D eigenvalue weighted by Gasteiger charge is -2.42. The minimum absolute atomic E-state index is 0.0194. The highest BCUT2D eigenvalue weighted by Crippen LogP contribution is 2.42. The van der Waals surface area contributed by atoms with Crippen molar-refractivity contribution in [3.05, 3.63) is 29.8 Å². The van der Waals surface area contributed by atoms with Crippen molar-refractivity contribution in [1.82, 2.24) is 9.62 Å². The molecule has 0 bridgehead atoms. The standard InChI is InChI=1S/C20H30N2O4S/c1-4-20(5-2)14-17(16-8-6-7-9-18(16)26-20)21-19(23)15-10-12-22(13-11-15)27(3,24)25/h6-9,15,17H,4-5,10-14H2,1-3H3,(H,21,23)/t17-/m0/s1. The fraction of sp³-hybridized carbons (Fsp3) is 0.650. The molecule has 2 heterocycles. The number of nitrogens with one attached hydrogen (secondary N) is 1. The van der Waals surface area contributed by atoms with E-state index >= 15 is 0 Å². The second-order valence-corrected chi connectivity index (χ2v) is 9.71. The molecule has 1 amide bonds. The van der Waals surface area contributed by atoms with E-state index in [-0.39, 0.29) is 23.5 Å². The van der Waals surface area contributed by atoms with Gasteiger partial charge >= 0.3 is 0 Å². The molecule has 0 unspecified atom stereocenters. The van der Waals surface area contributed by atoms with Crippen LogP contribution in [0.25, 0.3) is 0 Å². The van der Waals surface area contributed by atoms with Gasteiger partial charge in [0.25, 0.3) is 0 Å². The molecular formula is C20H30N2O4S. The van der Waals surface area contributed by atoms with Gasteiger partial charge < -0.3 is 10.1 Å². The Morgan fingerprint density at radius 1 is 1.22 bits per heavy atom. The summed E-state index contributed by atoms with van der Waals surface area (Å²) in [5.74, 6) is 0.728. The van der Waals surface area contributed by atoms with E-state index in [1.807, 2.05) is 24.3 Å². The monoisotopic (exact) mass is 394 g/mol. The highest BCUT2D eigenvalue weighted by molar-refractivity contribution is 7.88. The summed E-state index contributed by atoms with van der Waals surface area (Å²) in [5, 5.41) is 3.23. The van der Waals surface area contributed by atoms with Gasteiger partial charge in [0.15, 0.2) is 0 Å². The van der Waals surface area contributed by atoms with Gasteiger partial charge in [-0.05, 0) is 31.7 Å². The highest BCUT2D eigenvalue weighted by Gasteiger charge is 2.40. The number of benzene rings is 1. The van der Waals surface area contributed by atoms with E-state index in [1.54, 1.807) is 0 Å². The Morgan fingerprint density at radius 3 is 2.44 bits per heavy atom. The van der Waals surface area contributed by atoms with Crippen LogP contribution in [0.2, 0.25) is 0 Å². The number of carbonyl (C=O) groups is 1. The van der Waals surface area contributed by atoms with Gasteiger partial charge in [-0.2, -0.15) is 0 Å². The lowest BCUT2D eigenvalue weighted by atomic mass is 9.83. The predicted molar refractivity (Wildman–Crippen MR) is 105 cm³/mol. The van der Waals surface area contributed by atoms with E-state index in [0.717, 1.165) is 30.6 Å². The number of amides is 1. The summed E-state index contributed by atoms with van der Waals surface area (Å²) in [6, 6.07) is 7.84. The molecule has 1 fully saturated rings. The Morgan fingerprint density at radius 2 is 1.85 bits per heavy atom. The molecule has 1 saturated heterocycles. The van der Waals surface area contributed by atoms with Crippen LogP contribution in [0.15, 0.2) is 24.3 Å². The molecule has 27 heavy (non-hydrogen) atoms. The van der Waals surface area contributed by atoms with Crippen LogP contribution < -0.4 is 10.1 Å². The van der Waals surface area contributed by atoms with Gasteiger partial charge in [0.2, 0.25) is 15.9 Å². The van der Waals surface area contributed by atoms with Gasteiger partial charge in [0.1, 0.15) is 11.4 Å². The van der Waals surface area contributed by atoms with Crippen LogP contribution in [0.5, 0.6) is 5.75 Å². The van der Waals surface area contributed by atoms with Gasteiger partial charge in [0, 0.05) is 31.0 Å². The first kappa shape index (κ1) is 20.1. The van der Waals surface area contributed by atoms with E-state index in [2.05, 4.69) is 19.2 Å². The maximum Gasteiger partial charge on any atom is 0.223 e. The number of ether oxygens (including phenoxy) is 1. The van der Waals surface area contributed by atoms with E-state index < -0.39 is 10.0 Å². The number of hydrogen-bond donors (Lipinski definition) is 1. The molecule has 0 aromatic heterocycles. The first-order valence-corrected chi connectivity index (χ1v) is 11.7. The van der Waals surface area contributed by atoms with E-state index in [9.17, 15) is 13.2 Å². The summed E-state index contributed by atoms with van der Waals surface area (Å²) < 4.78 is 31.1. The van der Waals surface area contributed by atoms with E-state index in [1.165, 1.54) is 10.6 Å². The summed E-state index contributed by atoms with van der Waals surface area (Å²) in [6.07, 6.45) is 4.88. The Balaban J connectivity index is 1.72. The minimum Gasteiger partial charge on any atom is -0.487 e. The van der Waals surface area contributed by atoms with Gasteiger partial charge in [0.05, 0.1) is 12.3 Å². The average Bonchev–Trinajstić information content (AvgIpc) is 2.67. The van der Waals surface area contributed by atoms with Gasteiger partial charge in [-0.3, -0.25) is 4.79 Å². The fourth-order valence-electron chi connectivity index (χ4n) is 4.17. The molecule has 1 atom stereocenters. The van der Waals surface area contributed by atoms with E-state index in [4.69, 9.17) is 4.74 Å². The summed E-state index contributed by atoms with van der Waals surface area (Å²) in [6.45, 7) is 5.07. The zero-order chi connectivity index (χ0) is 19.7. The van der Waals surface area contributed by atoms with Crippen LogP contribution in [0.1, 0.15) is 57.6 Å². The molecule has 0 saturated carbocycles. The van der Waals surface area contributed by atoms with Crippen molar-refractivity contribution in [2.75, 3.05) is 19.3 Å². The maximum absolute atomic E-state index is 12.9. The fourth-order valence-corrected chi connectivity index (χ4v) is 5.04. The summed E-state index contributed by atoms with van der Waals surface area (Å²) >= 11 is 0.